The number of hydrogen-bond acceptors (Lipinski definition) is 2. The first kappa shape index (κ1) is 12.0. The molecule has 0 saturated heterocycles. The van der Waals surface area contributed by atoms with Crippen molar-refractivity contribution in [3.8, 4) is 0 Å². The summed E-state index contributed by atoms with van der Waals surface area (Å²) in [7, 11) is -5.28. The first-order valence-corrected chi connectivity index (χ1v) is 5.14. The second kappa shape index (κ2) is 3.82. The first-order chi connectivity index (χ1) is 6.73. The molecule has 0 spiro atoms. The Morgan fingerprint density at radius 1 is 1.13 bits per heavy atom. The van der Waals surface area contributed by atoms with Crippen LogP contribution in [0.1, 0.15) is 5.56 Å². The fraction of sp³-hybridized carbons (Fsp3) is 0.125. The topological polar surface area (TPSA) is 54.4 Å². The average molecular weight is 239 g/mol. The molecule has 3 nitrogen and oxygen atoms in total. The smallest absolute Gasteiger partial charge is 0.285 e. The molecule has 15 heavy (non-hydrogen) atoms. The standard InChI is InChI=1S/C8H6F3O3S/c9-8(10,11)7(15(12,13)14)6-4-2-1-3-5-6/h1-5H,(H,12,13,14). The molecule has 1 aromatic rings. The Labute approximate surface area is 84.3 Å². The Hall–Kier alpha value is -1.08. The van der Waals surface area contributed by atoms with Crippen LogP contribution in [0.4, 0.5) is 13.2 Å². The largest absolute Gasteiger partial charge is 0.417 e. The lowest BCUT2D eigenvalue weighted by molar-refractivity contribution is -0.0995. The molecule has 0 heterocycles. The highest BCUT2D eigenvalue weighted by atomic mass is 32.2. The third-order valence-corrected chi connectivity index (χ3v) is 2.53. The van der Waals surface area contributed by atoms with E-state index in [1.54, 1.807) is 0 Å². The van der Waals surface area contributed by atoms with E-state index in [0.29, 0.717) is 0 Å². The molecule has 0 aliphatic rings. The van der Waals surface area contributed by atoms with Crippen molar-refractivity contribution in [3.63, 3.8) is 0 Å². The number of benzene rings is 1. The fourth-order valence-corrected chi connectivity index (χ4v) is 1.77. The summed E-state index contributed by atoms with van der Waals surface area (Å²) in [5.74, 6) is 0. The Balaban J connectivity index is 3.27. The van der Waals surface area contributed by atoms with Crippen molar-refractivity contribution in [3.05, 3.63) is 41.1 Å². The zero-order valence-electron chi connectivity index (χ0n) is 7.19. The van der Waals surface area contributed by atoms with Gasteiger partial charge in [-0.3, -0.25) is 4.55 Å². The number of rotatable bonds is 2. The predicted octanol–water partition coefficient (Wildman–Crippen LogP) is 2.02. The summed E-state index contributed by atoms with van der Waals surface area (Å²) in [5.41, 5.74) is -0.590. The van der Waals surface area contributed by atoms with Gasteiger partial charge in [-0.25, -0.2) is 0 Å². The predicted molar refractivity (Wildman–Crippen MR) is 46.4 cm³/mol. The zero-order valence-corrected chi connectivity index (χ0v) is 8.01. The molecule has 0 fully saturated rings. The molecule has 83 valence electrons. The van der Waals surface area contributed by atoms with E-state index in [-0.39, 0.29) is 0 Å². The summed E-state index contributed by atoms with van der Waals surface area (Å²) in [4.78, 5) is 0. The molecule has 1 N–H and O–H groups in total. The van der Waals surface area contributed by atoms with E-state index < -0.39 is 27.1 Å². The van der Waals surface area contributed by atoms with Gasteiger partial charge in [0.25, 0.3) is 15.4 Å². The van der Waals surface area contributed by atoms with Crippen LogP contribution in [0.5, 0.6) is 0 Å². The summed E-state index contributed by atoms with van der Waals surface area (Å²) in [6.07, 6.45) is -5.12. The SMILES string of the molecule is O=S(=O)(O)[C](c1ccccc1)C(F)(F)F. The normalized spacial score (nSPS) is 13.1. The van der Waals surface area contributed by atoms with E-state index >= 15 is 0 Å². The highest BCUT2D eigenvalue weighted by Gasteiger charge is 2.50. The van der Waals surface area contributed by atoms with Crippen molar-refractivity contribution in [2.75, 3.05) is 0 Å². The van der Waals surface area contributed by atoms with Crippen LogP contribution < -0.4 is 0 Å². The van der Waals surface area contributed by atoms with E-state index in [1.807, 2.05) is 0 Å². The van der Waals surface area contributed by atoms with Crippen molar-refractivity contribution < 1.29 is 26.1 Å². The van der Waals surface area contributed by atoms with Crippen molar-refractivity contribution in [1.29, 1.82) is 0 Å². The van der Waals surface area contributed by atoms with Gasteiger partial charge in [0.05, 0.1) is 0 Å². The molecule has 0 atom stereocenters. The van der Waals surface area contributed by atoms with Gasteiger partial charge in [0, 0.05) is 0 Å². The van der Waals surface area contributed by atoms with Gasteiger partial charge in [-0.2, -0.15) is 21.6 Å². The van der Waals surface area contributed by atoms with Crippen LogP contribution in [0.25, 0.3) is 0 Å². The highest BCUT2D eigenvalue weighted by Crippen LogP contribution is 2.37. The first-order valence-electron chi connectivity index (χ1n) is 3.70. The van der Waals surface area contributed by atoms with Gasteiger partial charge in [-0.1, -0.05) is 30.3 Å². The van der Waals surface area contributed by atoms with E-state index in [4.69, 9.17) is 4.55 Å². The quantitative estimate of drug-likeness (QED) is 0.803. The average Bonchev–Trinajstić information content (AvgIpc) is 2.00. The van der Waals surface area contributed by atoms with Gasteiger partial charge >= 0.3 is 6.18 Å². The molecule has 0 saturated carbocycles. The van der Waals surface area contributed by atoms with E-state index in [2.05, 4.69) is 0 Å². The second-order valence-corrected chi connectivity index (χ2v) is 4.03. The summed E-state index contributed by atoms with van der Waals surface area (Å²) >= 11 is 0. The lowest BCUT2D eigenvalue weighted by Crippen LogP contribution is -2.29. The Morgan fingerprint density at radius 3 is 1.93 bits per heavy atom. The molecule has 7 heteroatoms. The van der Waals surface area contributed by atoms with Crippen LogP contribution in [0.3, 0.4) is 0 Å². The minimum Gasteiger partial charge on any atom is -0.285 e. The lowest BCUT2D eigenvalue weighted by atomic mass is 10.1. The second-order valence-electron chi connectivity index (χ2n) is 2.67. The van der Waals surface area contributed by atoms with Gasteiger partial charge in [-0.05, 0) is 5.56 Å². The Kier molecular flexibility index (Phi) is 3.05. The van der Waals surface area contributed by atoms with Crippen molar-refractivity contribution in [2.45, 2.75) is 6.18 Å². The summed E-state index contributed by atoms with van der Waals surface area (Å²) in [6, 6.07) is 5.83. The van der Waals surface area contributed by atoms with Crippen molar-refractivity contribution in [2.24, 2.45) is 0 Å². The van der Waals surface area contributed by atoms with Gasteiger partial charge in [0.15, 0.2) is 0 Å². The monoisotopic (exact) mass is 239 g/mol. The number of alkyl halides is 3. The minimum atomic E-state index is -5.28. The van der Waals surface area contributed by atoms with Crippen LogP contribution in [0.15, 0.2) is 30.3 Å². The Morgan fingerprint density at radius 2 is 1.60 bits per heavy atom. The molecule has 1 rings (SSSR count). The third-order valence-electron chi connectivity index (χ3n) is 1.55. The minimum absolute atomic E-state index is 0.590. The summed E-state index contributed by atoms with van der Waals surface area (Å²) in [6.45, 7) is 0. The molecule has 0 aromatic heterocycles. The number of hydrogen-bond donors (Lipinski definition) is 1. The zero-order chi connectivity index (χ0) is 11.7. The highest BCUT2D eigenvalue weighted by molar-refractivity contribution is 7.89. The molecule has 0 unspecified atom stereocenters. The number of halogens is 3. The van der Waals surface area contributed by atoms with Gasteiger partial charge in [0.1, 0.15) is 0 Å². The maximum Gasteiger partial charge on any atom is 0.417 e. The van der Waals surface area contributed by atoms with Crippen molar-refractivity contribution >= 4 is 10.1 Å². The molecule has 0 aliphatic heterocycles. The summed E-state index contributed by atoms with van der Waals surface area (Å²) in [5, 5.41) is -1.95. The lowest BCUT2D eigenvalue weighted by Gasteiger charge is -2.15. The maximum atomic E-state index is 12.3. The van der Waals surface area contributed by atoms with Gasteiger partial charge in [0.2, 0.25) is 0 Å². The van der Waals surface area contributed by atoms with Gasteiger partial charge in [-0.15, -0.1) is 0 Å². The van der Waals surface area contributed by atoms with Crippen LogP contribution in [0, 0.1) is 5.25 Å². The van der Waals surface area contributed by atoms with Crippen LogP contribution >= 0.6 is 0 Å². The molecule has 0 amide bonds. The maximum absolute atomic E-state index is 12.3. The molecule has 1 aromatic carbocycles. The summed E-state index contributed by atoms with van der Waals surface area (Å²) < 4.78 is 66.6. The molecule has 1 radical (unpaired) electrons. The molecule has 0 aliphatic carbocycles. The van der Waals surface area contributed by atoms with E-state index in [1.165, 1.54) is 18.2 Å². The Bertz CT molecular complexity index is 424. The van der Waals surface area contributed by atoms with Crippen LogP contribution in [-0.2, 0) is 10.1 Å². The van der Waals surface area contributed by atoms with Crippen LogP contribution in [0.2, 0.25) is 0 Å². The van der Waals surface area contributed by atoms with Gasteiger partial charge < -0.3 is 0 Å². The molecule has 0 bridgehead atoms. The molecular formula is C8H6F3O3S. The van der Waals surface area contributed by atoms with Crippen LogP contribution in [-0.4, -0.2) is 19.1 Å². The van der Waals surface area contributed by atoms with E-state index in [0.717, 1.165) is 12.1 Å². The fourth-order valence-electron chi connectivity index (χ4n) is 1.05. The van der Waals surface area contributed by atoms with Crippen molar-refractivity contribution in [1.82, 2.24) is 0 Å². The van der Waals surface area contributed by atoms with E-state index in [9.17, 15) is 21.6 Å². The molecular weight excluding hydrogens is 233 g/mol. The third kappa shape index (κ3) is 2.93.